The van der Waals surface area contributed by atoms with Crippen LogP contribution < -0.4 is 5.32 Å². The van der Waals surface area contributed by atoms with Gasteiger partial charge in [0, 0.05) is 20.3 Å². The second kappa shape index (κ2) is 7.55. The van der Waals surface area contributed by atoms with E-state index in [0.717, 1.165) is 6.54 Å². The highest BCUT2D eigenvalue weighted by molar-refractivity contribution is 9.10. The van der Waals surface area contributed by atoms with Crippen LogP contribution in [0.5, 0.6) is 0 Å². The molecule has 0 aromatic carbocycles. The summed E-state index contributed by atoms with van der Waals surface area (Å²) in [4.78, 5) is 2.86. The maximum Gasteiger partial charge on any atom is 0.0441 e. The molecular weight excluding hydrogens is 294 g/mol. The van der Waals surface area contributed by atoms with Gasteiger partial charge in [-0.2, -0.15) is 0 Å². The van der Waals surface area contributed by atoms with Gasteiger partial charge in [0.2, 0.25) is 0 Å². The van der Waals surface area contributed by atoms with E-state index in [9.17, 15) is 0 Å². The Bertz CT molecular complexity index is 315. The Hall–Kier alpha value is 0.140. The maximum atomic E-state index is 3.70. The summed E-state index contributed by atoms with van der Waals surface area (Å²) in [5.74, 6) is 0.705. The highest BCUT2D eigenvalue weighted by Gasteiger charge is 2.20. The van der Waals surface area contributed by atoms with Gasteiger partial charge in [-0.25, -0.2) is 0 Å². The predicted octanol–water partition coefficient (Wildman–Crippen LogP) is 5.30. The molecule has 0 aliphatic rings. The average molecular weight is 318 g/mol. The molecule has 0 bridgehead atoms. The van der Waals surface area contributed by atoms with Gasteiger partial charge < -0.3 is 5.32 Å². The highest BCUT2D eigenvalue weighted by atomic mass is 79.9. The zero-order valence-corrected chi connectivity index (χ0v) is 13.7. The monoisotopic (exact) mass is 317 g/mol. The standard InChI is InChI=1S/C14H24BrNS/c1-5-7-10(3)14(16-8-6-2)13-9-12(15)11(4)17-13/h9-10,14,16H,5-8H2,1-4H3. The largest absolute Gasteiger partial charge is 0.309 e. The van der Waals surface area contributed by atoms with E-state index in [1.165, 1.54) is 33.5 Å². The molecule has 0 spiro atoms. The number of nitrogens with one attached hydrogen (secondary N) is 1. The molecule has 3 heteroatoms. The van der Waals surface area contributed by atoms with Crippen LogP contribution in [0.3, 0.4) is 0 Å². The number of hydrogen-bond acceptors (Lipinski definition) is 2. The fourth-order valence-corrected chi connectivity index (χ4v) is 3.91. The molecule has 17 heavy (non-hydrogen) atoms. The molecule has 0 aliphatic heterocycles. The van der Waals surface area contributed by atoms with E-state index in [4.69, 9.17) is 0 Å². The van der Waals surface area contributed by atoms with Crippen molar-refractivity contribution in [2.75, 3.05) is 6.54 Å². The molecule has 1 rings (SSSR count). The smallest absolute Gasteiger partial charge is 0.0441 e. The summed E-state index contributed by atoms with van der Waals surface area (Å²) in [5.41, 5.74) is 0. The third kappa shape index (κ3) is 4.38. The minimum Gasteiger partial charge on any atom is -0.309 e. The van der Waals surface area contributed by atoms with Gasteiger partial charge in [0.15, 0.2) is 0 Å². The van der Waals surface area contributed by atoms with Crippen molar-refractivity contribution in [1.29, 1.82) is 0 Å². The van der Waals surface area contributed by atoms with E-state index in [-0.39, 0.29) is 0 Å². The predicted molar refractivity (Wildman–Crippen MR) is 81.9 cm³/mol. The fraction of sp³-hybridized carbons (Fsp3) is 0.714. The van der Waals surface area contributed by atoms with Crippen molar-refractivity contribution < 1.29 is 0 Å². The topological polar surface area (TPSA) is 12.0 Å². The normalized spacial score (nSPS) is 14.9. The molecule has 1 aromatic heterocycles. The van der Waals surface area contributed by atoms with Gasteiger partial charge in [-0.15, -0.1) is 11.3 Å². The molecule has 0 amide bonds. The zero-order valence-electron chi connectivity index (χ0n) is 11.3. The van der Waals surface area contributed by atoms with E-state index in [0.29, 0.717) is 12.0 Å². The first-order valence-electron chi connectivity index (χ1n) is 6.59. The summed E-state index contributed by atoms with van der Waals surface area (Å²) in [5, 5.41) is 3.70. The summed E-state index contributed by atoms with van der Waals surface area (Å²) >= 11 is 5.54. The number of halogens is 1. The van der Waals surface area contributed by atoms with Crippen LogP contribution in [0.1, 0.15) is 55.8 Å². The molecule has 2 atom stereocenters. The highest BCUT2D eigenvalue weighted by Crippen LogP contribution is 2.35. The second-order valence-electron chi connectivity index (χ2n) is 4.75. The molecule has 1 nitrogen and oxygen atoms in total. The minimum absolute atomic E-state index is 0.518. The lowest BCUT2D eigenvalue weighted by molar-refractivity contribution is 0.368. The fourth-order valence-electron chi connectivity index (χ4n) is 2.14. The summed E-state index contributed by atoms with van der Waals surface area (Å²) in [6.07, 6.45) is 3.74. The van der Waals surface area contributed by atoms with Gasteiger partial charge in [-0.3, -0.25) is 0 Å². The van der Waals surface area contributed by atoms with E-state index >= 15 is 0 Å². The van der Waals surface area contributed by atoms with Crippen LogP contribution in [0, 0.1) is 12.8 Å². The first-order chi connectivity index (χ1) is 8.10. The lowest BCUT2D eigenvalue weighted by Gasteiger charge is -2.24. The molecule has 1 heterocycles. The zero-order chi connectivity index (χ0) is 12.8. The van der Waals surface area contributed by atoms with Crippen molar-refractivity contribution in [3.63, 3.8) is 0 Å². The Morgan fingerprint density at radius 3 is 2.53 bits per heavy atom. The summed E-state index contributed by atoms with van der Waals surface area (Å²) in [6.45, 7) is 10.1. The Kier molecular flexibility index (Phi) is 6.75. The summed E-state index contributed by atoms with van der Waals surface area (Å²) < 4.78 is 1.25. The molecule has 1 aromatic rings. The SMILES string of the molecule is CCCNC(c1cc(Br)c(C)s1)C(C)CCC. The summed E-state index contributed by atoms with van der Waals surface area (Å²) in [7, 11) is 0. The number of thiophene rings is 1. The molecule has 0 fully saturated rings. The van der Waals surface area contributed by atoms with Gasteiger partial charge >= 0.3 is 0 Å². The lowest BCUT2D eigenvalue weighted by atomic mass is 9.95. The molecule has 0 saturated carbocycles. The molecular formula is C14H24BrNS. The van der Waals surface area contributed by atoms with Crippen LogP contribution in [0.25, 0.3) is 0 Å². The van der Waals surface area contributed by atoms with Gasteiger partial charge in [0.1, 0.15) is 0 Å². The van der Waals surface area contributed by atoms with Crippen molar-refractivity contribution in [3.8, 4) is 0 Å². The van der Waals surface area contributed by atoms with Crippen LogP contribution in [-0.4, -0.2) is 6.54 Å². The molecule has 2 unspecified atom stereocenters. The van der Waals surface area contributed by atoms with Crippen molar-refractivity contribution in [2.45, 2.75) is 53.0 Å². The van der Waals surface area contributed by atoms with Crippen LogP contribution in [-0.2, 0) is 0 Å². The van der Waals surface area contributed by atoms with Crippen LogP contribution in [0.2, 0.25) is 0 Å². The molecule has 0 saturated heterocycles. The third-order valence-electron chi connectivity index (χ3n) is 3.11. The molecule has 0 radical (unpaired) electrons. The first-order valence-corrected chi connectivity index (χ1v) is 8.20. The van der Waals surface area contributed by atoms with Gasteiger partial charge in [-0.05, 0) is 54.2 Å². The Labute approximate surface area is 118 Å². The third-order valence-corrected chi connectivity index (χ3v) is 5.33. The quantitative estimate of drug-likeness (QED) is 0.720. The second-order valence-corrected chi connectivity index (χ2v) is 6.89. The minimum atomic E-state index is 0.518. The van der Waals surface area contributed by atoms with Crippen LogP contribution in [0.4, 0.5) is 0 Å². The van der Waals surface area contributed by atoms with E-state index < -0.39 is 0 Å². The Morgan fingerprint density at radius 2 is 2.06 bits per heavy atom. The number of rotatable bonds is 7. The van der Waals surface area contributed by atoms with Crippen molar-refractivity contribution >= 4 is 27.3 Å². The lowest BCUT2D eigenvalue weighted by Crippen LogP contribution is -2.27. The van der Waals surface area contributed by atoms with Crippen molar-refractivity contribution in [2.24, 2.45) is 5.92 Å². The van der Waals surface area contributed by atoms with Crippen LogP contribution >= 0.6 is 27.3 Å². The maximum absolute atomic E-state index is 3.70. The van der Waals surface area contributed by atoms with E-state index in [2.05, 4.69) is 55.0 Å². The van der Waals surface area contributed by atoms with E-state index in [1.54, 1.807) is 0 Å². The molecule has 98 valence electrons. The number of aryl methyl sites for hydroxylation is 1. The van der Waals surface area contributed by atoms with Crippen molar-refractivity contribution in [1.82, 2.24) is 5.32 Å². The Balaban J connectivity index is 2.80. The number of hydrogen-bond donors (Lipinski definition) is 1. The van der Waals surface area contributed by atoms with Gasteiger partial charge in [-0.1, -0.05) is 27.2 Å². The molecule has 0 aliphatic carbocycles. The van der Waals surface area contributed by atoms with E-state index in [1.807, 2.05) is 11.3 Å². The van der Waals surface area contributed by atoms with Gasteiger partial charge in [0.05, 0.1) is 0 Å². The average Bonchev–Trinajstić information content (AvgIpc) is 2.60. The molecule has 1 N–H and O–H groups in total. The van der Waals surface area contributed by atoms with Gasteiger partial charge in [0.25, 0.3) is 0 Å². The van der Waals surface area contributed by atoms with Crippen LogP contribution in [0.15, 0.2) is 10.5 Å². The Morgan fingerprint density at radius 1 is 1.35 bits per heavy atom. The first kappa shape index (κ1) is 15.2. The van der Waals surface area contributed by atoms with Crippen molar-refractivity contribution in [3.05, 3.63) is 20.3 Å². The summed E-state index contributed by atoms with van der Waals surface area (Å²) in [6, 6.07) is 2.81.